The molecule has 5 nitrogen and oxygen atoms in total. The minimum Gasteiger partial charge on any atom is -0.383 e. The summed E-state index contributed by atoms with van der Waals surface area (Å²) in [5.41, 5.74) is 7.01. The SMILES string of the molecule is Nc1nc(CN2CCC3CNCC3C2)nc2ccccc12. The van der Waals surface area contributed by atoms with E-state index in [1.165, 1.54) is 13.0 Å². The number of nitrogens with one attached hydrogen (secondary N) is 1. The quantitative estimate of drug-likeness (QED) is 0.868. The van der Waals surface area contributed by atoms with Crippen LogP contribution in [0.25, 0.3) is 10.9 Å². The molecule has 2 aliphatic rings. The Morgan fingerprint density at radius 1 is 1.19 bits per heavy atom. The molecule has 1 aromatic carbocycles. The van der Waals surface area contributed by atoms with Gasteiger partial charge in [-0.25, -0.2) is 9.97 Å². The highest BCUT2D eigenvalue weighted by atomic mass is 15.2. The number of likely N-dealkylation sites (tertiary alicyclic amines) is 1. The summed E-state index contributed by atoms with van der Waals surface area (Å²) in [5, 5.41) is 4.45. The van der Waals surface area contributed by atoms with E-state index in [2.05, 4.69) is 20.2 Å². The molecule has 3 heterocycles. The molecule has 2 unspecified atom stereocenters. The van der Waals surface area contributed by atoms with Crippen LogP contribution in [0.3, 0.4) is 0 Å². The molecule has 2 atom stereocenters. The Morgan fingerprint density at radius 2 is 2.05 bits per heavy atom. The van der Waals surface area contributed by atoms with Crippen molar-refractivity contribution in [2.75, 3.05) is 31.9 Å². The van der Waals surface area contributed by atoms with Gasteiger partial charge in [0.25, 0.3) is 0 Å². The third-order valence-corrected chi connectivity index (χ3v) is 4.83. The zero-order valence-corrected chi connectivity index (χ0v) is 12.1. The van der Waals surface area contributed by atoms with Gasteiger partial charge in [-0.3, -0.25) is 4.90 Å². The Labute approximate surface area is 124 Å². The van der Waals surface area contributed by atoms with Crippen LogP contribution in [0.1, 0.15) is 12.2 Å². The van der Waals surface area contributed by atoms with Gasteiger partial charge < -0.3 is 11.1 Å². The summed E-state index contributed by atoms with van der Waals surface area (Å²) in [7, 11) is 0. The molecule has 0 amide bonds. The van der Waals surface area contributed by atoms with Crippen molar-refractivity contribution in [3.05, 3.63) is 30.1 Å². The highest BCUT2D eigenvalue weighted by Gasteiger charge is 2.32. The zero-order chi connectivity index (χ0) is 14.2. The summed E-state index contributed by atoms with van der Waals surface area (Å²) in [4.78, 5) is 11.6. The number of aromatic nitrogens is 2. The molecule has 2 saturated heterocycles. The zero-order valence-electron chi connectivity index (χ0n) is 12.1. The molecule has 4 rings (SSSR count). The first-order valence-electron chi connectivity index (χ1n) is 7.74. The van der Waals surface area contributed by atoms with E-state index in [-0.39, 0.29) is 0 Å². The topological polar surface area (TPSA) is 67.1 Å². The fourth-order valence-corrected chi connectivity index (χ4v) is 3.68. The lowest BCUT2D eigenvalue weighted by Gasteiger charge is -2.33. The van der Waals surface area contributed by atoms with E-state index in [4.69, 9.17) is 5.73 Å². The summed E-state index contributed by atoms with van der Waals surface area (Å²) in [6.45, 7) is 5.44. The van der Waals surface area contributed by atoms with Gasteiger partial charge in [0, 0.05) is 11.9 Å². The van der Waals surface area contributed by atoms with E-state index in [1.807, 2.05) is 24.3 Å². The fraction of sp³-hybridized carbons (Fsp3) is 0.500. The lowest BCUT2D eigenvalue weighted by molar-refractivity contribution is 0.139. The van der Waals surface area contributed by atoms with Gasteiger partial charge in [-0.2, -0.15) is 0 Å². The van der Waals surface area contributed by atoms with Crippen LogP contribution < -0.4 is 11.1 Å². The van der Waals surface area contributed by atoms with Crippen molar-refractivity contribution >= 4 is 16.7 Å². The highest BCUT2D eigenvalue weighted by molar-refractivity contribution is 5.87. The number of nitrogen functional groups attached to an aromatic ring is 1. The molecule has 2 aromatic rings. The largest absolute Gasteiger partial charge is 0.383 e. The minimum atomic E-state index is 0.591. The summed E-state index contributed by atoms with van der Waals surface area (Å²) in [6.07, 6.45) is 1.28. The van der Waals surface area contributed by atoms with E-state index in [9.17, 15) is 0 Å². The lowest BCUT2D eigenvalue weighted by Crippen LogP contribution is -2.39. The first-order chi connectivity index (χ1) is 10.3. The summed E-state index contributed by atoms with van der Waals surface area (Å²) in [6, 6.07) is 7.95. The maximum atomic E-state index is 6.07. The van der Waals surface area contributed by atoms with Crippen LogP contribution in [-0.2, 0) is 6.54 Å². The van der Waals surface area contributed by atoms with Crippen molar-refractivity contribution in [3.8, 4) is 0 Å². The van der Waals surface area contributed by atoms with E-state index in [0.29, 0.717) is 5.82 Å². The average Bonchev–Trinajstić information content (AvgIpc) is 2.95. The molecule has 5 heteroatoms. The summed E-state index contributed by atoms with van der Waals surface area (Å²) < 4.78 is 0. The van der Waals surface area contributed by atoms with Crippen LogP contribution in [0.2, 0.25) is 0 Å². The maximum Gasteiger partial charge on any atom is 0.145 e. The number of fused-ring (bicyclic) bond motifs is 2. The van der Waals surface area contributed by atoms with Crippen molar-refractivity contribution in [2.45, 2.75) is 13.0 Å². The Kier molecular flexibility index (Phi) is 3.24. The fourth-order valence-electron chi connectivity index (χ4n) is 3.68. The van der Waals surface area contributed by atoms with Crippen molar-refractivity contribution in [2.24, 2.45) is 11.8 Å². The van der Waals surface area contributed by atoms with Gasteiger partial charge in [-0.05, 0) is 50.0 Å². The summed E-state index contributed by atoms with van der Waals surface area (Å²) in [5.74, 6) is 3.09. The molecule has 0 spiro atoms. The third kappa shape index (κ3) is 2.47. The Balaban J connectivity index is 1.54. The molecular weight excluding hydrogens is 262 g/mol. The van der Waals surface area contributed by atoms with Crippen LogP contribution in [-0.4, -0.2) is 41.0 Å². The van der Waals surface area contributed by atoms with Crippen LogP contribution in [0.4, 0.5) is 5.82 Å². The number of para-hydroxylation sites is 1. The Bertz CT molecular complexity index is 656. The summed E-state index contributed by atoms with van der Waals surface area (Å²) >= 11 is 0. The number of nitrogens with zero attached hydrogens (tertiary/aromatic N) is 3. The second-order valence-corrected chi connectivity index (χ2v) is 6.24. The van der Waals surface area contributed by atoms with Crippen molar-refractivity contribution in [3.63, 3.8) is 0 Å². The van der Waals surface area contributed by atoms with Crippen LogP contribution >= 0.6 is 0 Å². The third-order valence-electron chi connectivity index (χ3n) is 4.83. The first-order valence-corrected chi connectivity index (χ1v) is 7.74. The molecule has 2 aliphatic heterocycles. The minimum absolute atomic E-state index is 0.591. The second kappa shape index (κ2) is 5.24. The van der Waals surface area contributed by atoms with E-state index in [1.54, 1.807) is 0 Å². The van der Waals surface area contributed by atoms with Gasteiger partial charge in [0.1, 0.15) is 11.6 Å². The predicted octanol–water partition coefficient (Wildman–Crippen LogP) is 1.25. The van der Waals surface area contributed by atoms with E-state index >= 15 is 0 Å². The Morgan fingerprint density at radius 3 is 3.00 bits per heavy atom. The van der Waals surface area contributed by atoms with Gasteiger partial charge in [0.15, 0.2) is 0 Å². The Hall–Kier alpha value is -1.72. The number of hydrogen-bond donors (Lipinski definition) is 2. The molecule has 110 valence electrons. The average molecular weight is 283 g/mol. The molecule has 0 aliphatic carbocycles. The van der Waals surface area contributed by atoms with Gasteiger partial charge in [-0.1, -0.05) is 12.1 Å². The molecule has 1 aromatic heterocycles. The van der Waals surface area contributed by atoms with Gasteiger partial charge in [0.05, 0.1) is 12.1 Å². The molecule has 0 saturated carbocycles. The number of piperidine rings is 1. The smallest absolute Gasteiger partial charge is 0.145 e. The monoisotopic (exact) mass is 283 g/mol. The molecule has 0 bridgehead atoms. The number of hydrogen-bond acceptors (Lipinski definition) is 5. The second-order valence-electron chi connectivity index (χ2n) is 6.24. The molecular formula is C16H21N5. The van der Waals surface area contributed by atoms with Gasteiger partial charge in [0.2, 0.25) is 0 Å². The normalized spacial score (nSPS) is 26.1. The highest BCUT2D eigenvalue weighted by Crippen LogP contribution is 2.27. The maximum absolute atomic E-state index is 6.07. The van der Waals surface area contributed by atoms with Crippen LogP contribution in [0, 0.1) is 11.8 Å². The molecule has 2 fully saturated rings. The predicted molar refractivity (Wildman–Crippen MR) is 83.7 cm³/mol. The lowest BCUT2D eigenvalue weighted by atomic mass is 9.89. The standard InChI is InChI=1S/C16H21N5/c17-16-13-3-1-2-4-14(13)19-15(20-16)10-21-6-5-11-7-18-8-12(11)9-21/h1-4,11-12,18H,5-10H2,(H2,17,19,20). The van der Waals surface area contributed by atoms with Crippen LogP contribution in [0.15, 0.2) is 24.3 Å². The van der Waals surface area contributed by atoms with Gasteiger partial charge in [-0.15, -0.1) is 0 Å². The van der Waals surface area contributed by atoms with E-state index < -0.39 is 0 Å². The first kappa shape index (κ1) is 13.0. The van der Waals surface area contributed by atoms with E-state index in [0.717, 1.165) is 54.7 Å². The van der Waals surface area contributed by atoms with Crippen molar-refractivity contribution < 1.29 is 0 Å². The molecule has 0 radical (unpaired) electrons. The van der Waals surface area contributed by atoms with Crippen molar-refractivity contribution in [1.29, 1.82) is 0 Å². The number of nitrogens with two attached hydrogens (primary N) is 1. The number of anilines is 1. The van der Waals surface area contributed by atoms with Crippen LogP contribution in [0.5, 0.6) is 0 Å². The van der Waals surface area contributed by atoms with Gasteiger partial charge >= 0.3 is 0 Å². The van der Waals surface area contributed by atoms with Crippen molar-refractivity contribution in [1.82, 2.24) is 20.2 Å². The number of rotatable bonds is 2. The molecule has 3 N–H and O–H groups in total. The molecule has 21 heavy (non-hydrogen) atoms. The number of benzene rings is 1.